The molecule has 23 heavy (non-hydrogen) atoms. The quantitative estimate of drug-likeness (QED) is 0.853. The monoisotopic (exact) mass is 321 g/mol. The van der Waals surface area contributed by atoms with Gasteiger partial charge in [0.2, 0.25) is 5.91 Å². The molecule has 2 aliphatic rings. The van der Waals surface area contributed by atoms with Crippen LogP contribution in [0.15, 0.2) is 0 Å². The van der Waals surface area contributed by atoms with E-state index in [1.165, 1.54) is 5.56 Å². The molecule has 1 aliphatic carbocycles. The lowest BCUT2D eigenvalue weighted by atomic mass is 9.67. The first-order chi connectivity index (χ1) is 11.0. The van der Waals surface area contributed by atoms with Gasteiger partial charge in [0, 0.05) is 50.8 Å². The number of carbonyl (C=O) groups is 1. The first kappa shape index (κ1) is 16.5. The number of methoxy groups -OCH3 is 1. The third kappa shape index (κ3) is 3.02. The highest BCUT2D eigenvalue weighted by Gasteiger charge is 2.54. The Morgan fingerprint density at radius 2 is 2.26 bits per heavy atom. The topological polar surface area (TPSA) is 65.4 Å². The number of rotatable bonds is 6. The van der Waals surface area contributed by atoms with Gasteiger partial charge in [0.15, 0.2) is 0 Å². The molecule has 1 aliphatic heterocycles. The van der Waals surface area contributed by atoms with Gasteiger partial charge in [-0.05, 0) is 32.3 Å². The van der Waals surface area contributed by atoms with Crippen LogP contribution in [0.4, 0.5) is 0 Å². The molecule has 2 heterocycles. The standard InChI is InChI=1S/C17H27N3O3/c1-10-12(11(2)20(3)19-10)5-6-15(21)18-16-13-7-8-23-17(13)14(16)9-22-4/h13-14,16-17H,5-9H2,1-4H3,(H,18,21)/t13-,14+,16-,17-/m0/s1. The number of hydrogen-bond acceptors (Lipinski definition) is 4. The Bertz CT molecular complexity index is 584. The molecule has 6 nitrogen and oxygen atoms in total. The van der Waals surface area contributed by atoms with Crippen LogP contribution in [0.2, 0.25) is 0 Å². The Morgan fingerprint density at radius 3 is 2.91 bits per heavy atom. The molecule has 1 saturated heterocycles. The van der Waals surface area contributed by atoms with E-state index in [9.17, 15) is 4.79 Å². The van der Waals surface area contributed by atoms with E-state index in [0.717, 1.165) is 30.8 Å². The van der Waals surface area contributed by atoms with E-state index in [2.05, 4.69) is 10.4 Å². The molecule has 0 radical (unpaired) electrons. The molecule has 0 bridgehead atoms. The van der Waals surface area contributed by atoms with Crippen LogP contribution in [0.1, 0.15) is 29.8 Å². The molecule has 0 spiro atoms. The summed E-state index contributed by atoms with van der Waals surface area (Å²) >= 11 is 0. The van der Waals surface area contributed by atoms with Gasteiger partial charge in [-0.15, -0.1) is 0 Å². The molecule has 0 aromatic carbocycles. The fourth-order valence-electron chi connectivity index (χ4n) is 4.11. The average molecular weight is 321 g/mol. The summed E-state index contributed by atoms with van der Waals surface area (Å²) in [6.07, 6.45) is 2.55. The average Bonchev–Trinajstić information content (AvgIpc) is 3.04. The van der Waals surface area contributed by atoms with Crippen molar-refractivity contribution >= 4 is 5.91 Å². The summed E-state index contributed by atoms with van der Waals surface area (Å²) in [4.78, 5) is 12.4. The Morgan fingerprint density at radius 1 is 1.48 bits per heavy atom. The van der Waals surface area contributed by atoms with Crippen molar-refractivity contribution < 1.29 is 14.3 Å². The van der Waals surface area contributed by atoms with Gasteiger partial charge in [0.25, 0.3) is 0 Å². The van der Waals surface area contributed by atoms with Crippen molar-refractivity contribution in [3.05, 3.63) is 17.0 Å². The second-order valence-electron chi connectivity index (χ2n) is 6.77. The lowest BCUT2D eigenvalue weighted by Gasteiger charge is -2.47. The molecule has 0 unspecified atom stereocenters. The number of aryl methyl sites for hydroxylation is 2. The van der Waals surface area contributed by atoms with E-state index >= 15 is 0 Å². The summed E-state index contributed by atoms with van der Waals surface area (Å²) in [5.41, 5.74) is 3.34. The highest BCUT2D eigenvalue weighted by molar-refractivity contribution is 5.76. The summed E-state index contributed by atoms with van der Waals surface area (Å²) < 4.78 is 12.9. The van der Waals surface area contributed by atoms with Gasteiger partial charge < -0.3 is 14.8 Å². The van der Waals surface area contributed by atoms with E-state index in [-0.39, 0.29) is 18.1 Å². The predicted octanol–water partition coefficient (Wildman–Crippen LogP) is 1.14. The van der Waals surface area contributed by atoms with Gasteiger partial charge >= 0.3 is 0 Å². The molecule has 1 saturated carbocycles. The molecule has 1 aromatic rings. The second kappa shape index (κ2) is 6.61. The van der Waals surface area contributed by atoms with E-state index in [0.29, 0.717) is 24.9 Å². The fraction of sp³-hybridized carbons (Fsp3) is 0.765. The first-order valence-corrected chi connectivity index (χ1v) is 8.42. The van der Waals surface area contributed by atoms with Gasteiger partial charge in [0.1, 0.15) is 0 Å². The molecule has 1 amide bonds. The molecule has 4 atom stereocenters. The number of carbonyl (C=O) groups excluding carboxylic acids is 1. The smallest absolute Gasteiger partial charge is 0.220 e. The van der Waals surface area contributed by atoms with E-state index < -0.39 is 0 Å². The molecular weight excluding hydrogens is 294 g/mol. The van der Waals surface area contributed by atoms with Crippen molar-refractivity contribution in [2.45, 2.75) is 45.3 Å². The van der Waals surface area contributed by atoms with Gasteiger partial charge in [0.05, 0.1) is 18.4 Å². The van der Waals surface area contributed by atoms with Gasteiger partial charge in [-0.3, -0.25) is 9.48 Å². The van der Waals surface area contributed by atoms with Gasteiger partial charge in [-0.25, -0.2) is 0 Å². The van der Waals surface area contributed by atoms with Crippen molar-refractivity contribution in [3.63, 3.8) is 0 Å². The van der Waals surface area contributed by atoms with Crippen LogP contribution in [0.5, 0.6) is 0 Å². The Balaban J connectivity index is 1.55. The maximum atomic E-state index is 12.4. The van der Waals surface area contributed by atoms with E-state index in [1.807, 2.05) is 25.6 Å². The molecular formula is C17H27N3O3. The minimum absolute atomic E-state index is 0.115. The van der Waals surface area contributed by atoms with Crippen LogP contribution >= 0.6 is 0 Å². The van der Waals surface area contributed by atoms with Crippen molar-refractivity contribution in [3.8, 4) is 0 Å². The molecule has 2 fully saturated rings. The number of ether oxygens (including phenoxy) is 2. The highest BCUT2D eigenvalue weighted by Crippen LogP contribution is 2.43. The minimum Gasteiger partial charge on any atom is -0.384 e. The molecule has 1 aromatic heterocycles. The minimum atomic E-state index is 0.115. The largest absolute Gasteiger partial charge is 0.384 e. The first-order valence-electron chi connectivity index (χ1n) is 8.42. The Kier molecular flexibility index (Phi) is 4.73. The number of aromatic nitrogens is 2. The molecule has 1 N–H and O–H groups in total. The Labute approximate surface area is 137 Å². The van der Waals surface area contributed by atoms with E-state index in [4.69, 9.17) is 9.47 Å². The fourth-order valence-corrected chi connectivity index (χ4v) is 4.11. The van der Waals surface area contributed by atoms with Crippen LogP contribution in [0, 0.1) is 25.7 Å². The van der Waals surface area contributed by atoms with Crippen molar-refractivity contribution in [1.29, 1.82) is 0 Å². The number of hydrogen-bond donors (Lipinski definition) is 1. The molecule has 128 valence electrons. The highest BCUT2D eigenvalue weighted by atomic mass is 16.5. The van der Waals surface area contributed by atoms with Crippen LogP contribution in [0.3, 0.4) is 0 Å². The number of nitrogens with zero attached hydrogens (tertiary/aromatic N) is 2. The zero-order valence-electron chi connectivity index (χ0n) is 14.5. The van der Waals surface area contributed by atoms with Crippen LogP contribution in [0.25, 0.3) is 0 Å². The van der Waals surface area contributed by atoms with E-state index in [1.54, 1.807) is 7.11 Å². The third-order valence-corrected chi connectivity index (χ3v) is 5.48. The molecule has 6 heteroatoms. The summed E-state index contributed by atoms with van der Waals surface area (Å²) in [6.45, 7) is 5.50. The zero-order chi connectivity index (χ0) is 16.6. The maximum absolute atomic E-state index is 12.4. The maximum Gasteiger partial charge on any atom is 0.220 e. The molecule has 3 rings (SSSR count). The number of fused-ring (bicyclic) bond motifs is 1. The third-order valence-electron chi connectivity index (χ3n) is 5.48. The van der Waals surface area contributed by atoms with Crippen LogP contribution < -0.4 is 5.32 Å². The Hall–Kier alpha value is -1.40. The van der Waals surface area contributed by atoms with Crippen molar-refractivity contribution in [1.82, 2.24) is 15.1 Å². The number of amides is 1. The SMILES string of the molecule is COC[C@@H]1[C@@H](NC(=O)CCc2c(C)nn(C)c2C)[C@@H]2CCO[C@H]12. The van der Waals surface area contributed by atoms with Gasteiger partial charge in [-0.2, -0.15) is 5.10 Å². The van der Waals surface area contributed by atoms with Crippen molar-refractivity contribution in [2.24, 2.45) is 18.9 Å². The van der Waals surface area contributed by atoms with Crippen LogP contribution in [-0.4, -0.2) is 48.2 Å². The van der Waals surface area contributed by atoms with Crippen molar-refractivity contribution in [2.75, 3.05) is 20.3 Å². The summed E-state index contributed by atoms with van der Waals surface area (Å²) in [6, 6.07) is 0.200. The van der Waals surface area contributed by atoms with Crippen LogP contribution in [-0.2, 0) is 27.7 Å². The summed E-state index contributed by atoms with van der Waals surface area (Å²) in [5, 5.41) is 7.62. The second-order valence-corrected chi connectivity index (χ2v) is 6.77. The van der Waals surface area contributed by atoms with Gasteiger partial charge in [-0.1, -0.05) is 0 Å². The lowest BCUT2D eigenvalue weighted by molar-refractivity contribution is -0.129. The summed E-state index contributed by atoms with van der Waals surface area (Å²) in [5.74, 6) is 0.864. The number of nitrogens with one attached hydrogen (secondary N) is 1. The predicted molar refractivity (Wildman–Crippen MR) is 86.1 cm³/mol. The lowest BCUT2D eigenvalue weighted by Crippen LogP contribution is -2.62. The summed E-state index contributed by atoms with van der Waals surface area (Å²) in [7, 11) is 3.64. The normalized spacial score (nSPS) is 29.2. The zero-order valence-corrected chi connectivity index (χ0v) is 14.5.